The van der Waals surface area contributed by atoms with Crippen LogP contribution in [-0.2, 0) is 6.42 Å². The van der Waals surface area contributed by atoms with Crippen molar-refractivity contribution >= 4 is 28.4 Å². The Morgan fingerprint density at radius 1 is 0.735 bits per heavy atom. The van der Waals surface area contributed by atoms with Crippen molar-refractivity contribution in [1.82, 2.24) is 0 Å². The molecule has 0 aliphatic carbocycles. The second kappa shape index (κ2) is 14.1. The highest BCUT2D eigenvalue weighted by molar-refractivity contribution is 7.10. The summed E-state index contributed by atoms with van der Waals surface area (Å²) in [5.74, 6) is 6.03. The molecule has 3 aromatic carbocycles. The molecule has 0 aliphatic rings. The molecule has 1 aromatic heterocycles. The van der Waals surface area contributed by atoms with E-state index in [1.165, 1.54) is 65.2 Å². The van der Waals surface area contributed by atoms with Crippen LogP contribution < -0.4 is 4.90 Å². The third-order valence-corrected chi connectivity index (χ3v) is 6.44. The van der Waals surface area contributed by atoms with E-state index in [4.69, 9.17) is 0 Å². The highest BCUT2D eigenvalue weighted by Crippen LogP contribution is 2.33. The number of hydrogen-bond donors (Lipinski definition) is 0. The fourth-order valence-electron chi connectivity index (χ4n) is 3.75. The minimum absolute atomic E-state index is 1.17. The van der Waals surface area contributed by atoms with Crippen molar-refractivity contribution in [3.63, 3.8) is 0 Å². The molecule has 2 heteroatoms. The fourth-order valence-corrected chi connectivity index (χ4v) is 4.59. The first-order valence-corrected chi connectivity index (χ1v) is 13.1. The Labute approximate surface area is 210 Å². The first-order valence-electron chi connectivity index (χ1n) is 12.2. The summed E-state index contributed by atoms with van der Waals surface area (Å²) in [6.07, 6.45) is 6.59. The quantitative estimate of drug-likeness (QED) is 0.185. The van der Waals surface area contributed by atoms with E-state index >= 15 is 0 Å². The number of nitrogens with zero attached hydrogens (tertiary/aromatic N) is 1. The molecule has 0 saturated heterocycles. The first-order chi connectivity index (χ1) is 16.7. The molecule has 0 radical (unpaired) electrons. The molecule has 1 nitrogen and oxygen atoms in total. The van der Waals surface area contributed by atoms with E-state index in [0.29, 0.717) is 0 Å². The zero-order valence-corrected chi connectivity index (χ0v) is 21.4. The zero-order chi connectivity index (χ0) is 24.0. The summed E-state index contributed by atoms with van der Waals surface area (Å²) in [4.78, 5) is 3.47. The van der Waals surface area contributed by atoms with Crippen LogP contribution in [0, 0.1) is 18.8 Å². The van der Waals surface area contributed by atoms with Gasteiger partial charge in [0.15, 0.2) is 0 Å². The van der Waals surface area contributed by atoms with Crippen molar-refractivity contribution in [2.24, 2.45) is 0 Å². The van der Waals surface area contributed by atoms with Crippen molar-refractivity contribution < 1.29 is 0 Å². The summed E-state index contributed by atoms with van der Waals surface area (Å²) in [5, 5.41) is 2.24. The van der Waals surface area contributed by atoms with Gasteiger partial charge in [0.2, 0.25) is 0 Å². The predicted octanol–water partition coefficient (Wildman–Crippen LogP) is 9.71. The number of benzene rings is 3. The maximum atomic E-state index is 3.10. The van der Waals surface area contributed by atoms with Gasteiger partial charge in [-0.2, -0.15) is 0 Å². The average molecular weight is 466 g/mol. The van der Waals surface area contributed by atoms with Crippen LogP contribution in [-0.4, -0.2) is 0 Å². The van der Waals surface area contributed by atoms with Gasteiger partial charge in [-0.25, -0.2) is 0 Å². The van der Waals surface area contributed by atoms with Gasteiger partial charge < -0.3 is 4.90 Å². The van der Waals surface area contributed by atoms with Crippen LogP contribution in [0.5, 0.6) is 0 Å². The number of anilines is 3. The van der Waals surface area contributed by atoms with Gasteiger partial charge in [-0.15, -0.1) is 17.3 Å². The van der Waals surface area contributed by atoms with E-state index in [0.717, 1.165) is 0 Å². The van der Waals surface area contributed by atoms with Gasteiger partial charge in [0, 0.05) is 17.1 Å². The first kappa shape index (κ1) is 25.3. The summed E-state index contributed by atoms with van der Waals surface area (Å²) in [7, 11) is 0. The third kappa shape index (κ3) is 7.94. The summed E-state index contributed by atoms with van der Waals surface area (Å²) in [6.45, 7) is 6.25. The van der Waals surface area contributed by atoms with E-state index in [1.54, 1.807) is 11.3 Å². The molecule has 0 amide bonds. The van der Waals surface area contributed by atoms with Crippen LogP contribution >= 0.6 is 11.3 Å². The molecule has 4 aromatic rings. The Hall–Kier alpha value is -3.28. The topological polar surface area (TPSA) is 3.24 Å². The van der Waals surface area contributed by atoms with Gasteiger partial charge in [0.1, 0.15) is 0 Å². The Kier molecular flexibility index (Phi) is 10.5. The Morgan fingerprint density at radius 3 is 1.88 bits per heavy atom. The molecule has 34 heavy (non-hydrogen) atoms. The van der Waals surface area contributed by atoms with Crippen molar-refractivity contribution in [2.45, 2.75) is 52.9 Å². The molecule has 1 heterocycles. The van der Waals surface area contributed by atoms with Crippen molar-refractivity contribution in [3.8, 4) is 11.8 Å². The molecule has 0 fully saturated rings. The molecular weight excluding hydrogens is 430 g/mol. The standard InChI is InChI=1S/C19H17N.C13H18S/c1-16-12-14-19(15-13-16)20(17-8-4-2-5-9-17)18-10-6-3-7-11-18;1-3-5-6-7-9-12-10-13(8-4-2)14-11-12/h2-15H,1H3;10-11H,3,5-7,9H2,1-2H3. The SMILES string of the molecule is CC#Cc1cc(CCCCCC)cs1.Cc1ccc(N(c2ccccc2)c2ccccc2)cc1. The smallest absolute Gasteiger partial charge is 0.0771 e. The van der Waals surface area contributed by atoms with Crippen LogP contribution in [0.25, 0.3) is 0 Å². The van der Waals surface area contributed by atoms with Gasteiger partial charge in [-0.1, -0.05) is 86.2 Å². The zero-order valence-electron chi connectivity index (χ0n) is 20.6. The molecular formula is C32H35NS. The Bertz CT molecular complexity index is 1110. The maximum absolute atomic E-state index is 3.10. The molecule has 0 atom stereocenters. The lowest BCUT2D eigenvalue weighted by Gasteiger charge is -2.25. The number of unbranched alkanes of at least 4 members (excludes halogenated alkanes) is 3. The normalized spacial score (nSPS) is 9.97. The van der Waals surface area contributed by atoms with Crippen LogP contribution in [0.4, 0.5) is 17.1 Å². The van der Waals surface area contributed by atoms with Gasteiger partial charge in [-0.05, 0) is 80.1 Å². The molecule has 0 aliphatic heterocycles. The Morgan fingerprint density at radius 2 is 1.32 bits per heavy atom. The number of para-hydroxylation sites is 2. The lowest BCUT2D eigenvalue weighted by atomic mass is 10.1. The van der Waals surface area contributed by atoms with Crippen LogP contribution in [0.15, 0.2) is 96.4 Å². The Balaban J connectivity index is 0.000000204. The van der Waals surface area contributed by atoms with Crippen LogP contribution in [0.2, 0.25) is 0 Å². The minimum Gasteiger partial charge on any atom is -0.311 e. The van der Waals surface area contributed by atoms with Gasteiger partial charge in [-0.3, -0.25) is 0 Å². The monoisotopic (exact) mass is 465 g/mol. The van der Waals surface area contributed by atoms with Crippen LogP contribution in [0.1, 0.15) is 55.5 Å². The summed E-state index contributed by atoms with van der Waals surface area (Å²) in [6, 6.07) is 31.7. The average Bonchev–Trinajstić information content (AvgIpc) is 3.33. The van der Waals surface area contributed by atoms with Crippen molar-refractivity contribution in [1.29, 1.82) is 0 Å². The number of thiophene rings is 1. The lowest BCUT2D eigenvalue weighted by molar-refractivity contribution is 0.667. The number of aryl methyl sites for hydroxylation is 2. The number of hydrogen-bond acceptors (Lipinski definition) is 2. The van der Waals surface area contributed by atoms with E-state index in [2.05, 4.69) is 115 Å². The van der Waals surface area contributed by atoms with Gasteiger partial charge in [0.25, 0.3) is 0 Å². The molecule has 174 valence electrons. The molecule has 0 saturated carbocycles. The van der Waals surface area contributed by atoms with Gasteiger partial charge in [0.05, 0.1) is 4.88 Å². The maximum Gasteiger partial charge on any atom is 0.0771 e. The van der Waals surface area contributed by atoms with E-state index in [9.17, 15) is 0 Å². The molecule has 0 N–H and O–H groups in total. The van der Waals surface area contributed by atoms with Crippen molar-refractivity contribution in [2.75, 3.05) is 4.90 Å². The molecule has 4 rings (SSSR count). The highest BCUT2D eigenvalue weighted by Gasteiger charge is 2.10. The minimum atomic E-state index is 1.17. The predicted molar refractivity (Wildman–Crippen MR) is 151 cm³/mol. The second-order valence-corrected chi connectivity index (χ2v) is 9.26. The van der Waals surface area contributed by atoms with E-state index in [1.807, 2.05) is 19.1 Å². The van der Waals surface area contributed by atoms with E-state index in [-0.39, 0.29) is 0 Å². The van der Waals surface area contributed by atoms with Crippen LogP contribution in [0.3, 0.4) is 0 Å². The largest absolute Gasteiger partial charge is 0.311 e. The highest BCUT2D eigenvalue weighted by atomic mass is 32.1. The summed E-state index contributed by atoms with van der Waals surface area (Å²) >= 11 is 1.76. The molecule has 0 bridgehead atoms. The molecule has 0 unspecified atom stereocenters. The number of rotatable bonds is 8. The van der Waals surface area contributed by atoms with Gasteiger partial charge >= 0.3 is 0 Å². The van der Waals surface area contributed by atoms with Crippen molar-refractivity contribution in [3.05, 3.63) is 112 Å². The second-order valence-electron chi connectivity index (χ2n) is 8.35. The fraction of sp³-hybridized carbons (Fsp3) is 0.250. The molecule has 0 spiro atoms. The lowest BCUT2D eigenvalue weighted by Crippen LogP contribution is -2.09. The third-order valence-electron chi connectivity index (χ3n) is 5.54. The summed E-state index contributed by atoms with van der Waals surface area (Å²) < 4.78 is 0. The summed E-state index contributed by atoms with van der Waals surface area (Å²) in [5.41, 5.74) is 6.25. The van der Waals surface area contributed by atoms with E-state index < -0.39 is 0 Å².